The van der Waals surface area contributed by atoms with Crippen LogP contribution in [0.3, 0.4) is 0 Å². The lowest BCUT2D eigenvalue weighted by Crippen LogP contribution is -2.38. The van der Waals surface area contributed by atoms with Crippen LogP contribution in [0.1, 0.15) is 30.9 Å². The van der Waals surface area contributed by atoms with Crippen LogP contribution in [0.15, 0.2) is 18.2 Å². The van der Waals surface area contributed by atoms with Gasteiger partial charge in [0.15, 0.2) is 0 Å². The van der Waals surface area contributed by atoms with Crippen LogP contribution >= 0.6 is 0 Å². The van der Waals surface area contributed by atoms with Gasteiger partial charge in [-0.2, -0.15) is 0 Å². The molecule has 0 aromatic heterocycles. The van der Waals surface area contributed by atoms with Crippen LogP contribution in [0.4, 0.5) is 5.69 Å². The van der Waals surface area contributed by atoms with Gasteiger partial charge in [0.2, 0.25) is 5.91 Å². The largest absolute Gasteiger partial charge is 0.374 e. The Bertz CT molecular complexity index is 424. The first-order valence-corrected chi connectivity index (χ1v) is 6.20. The van der Waals surface area contributed by atoms with Gasteiger partial charge < -0.3 is 10.6 Å². The first kappa shape index (κ1) is 12.0. The summed E-state index contributed by atoms with van der Waals surface area (Å²) in [6, 6.07) is 6.45. The summed E-state index contributed by atoms with van der Waals surface area (Å²) >= 11 is 0. The van der Waals surface area contributed by atoms with Gasteiger partial charge in [0.05, 0.1) is 0 Å². The van der Waals surface area contributed by atoms with Gasteiger partial charge in [-0.3, -0.25) is 4.79 Å². The summed E-state index contributed by atoms with van der Waals surface area (Å²) in [5.41, 5.74) is 3.45. The zero-order valence-corrected chi connectivity index (χ0v) is 10.7. The number of rotatable bonds is 4. The van der Waals surface area contributed by atoms with Gasteiger partial charge >= 0.3 is 0 Å². The highest BCUT2D eigenvalue weighted by atomic mass is 16.2. The Kier molecular flexibility index (Phi) is 3.36. The van der Waals surface area contributed by atoms with E-state index in [1.807, 2.05) is 13.0 Å². The molecule has 1 unspecified atom stereocenters. The van der Waals surface area contributed by atoms with Gasteiger partial charge in [0, 0.05) is 11.7 Å². The fourth-order valence-corrected chi connectivity index (χ4v) is 1.83. The molecule has 3 heteroatoms. The third-order valence-corrected chi connectivity index (χ3v) is 3.07. The van der Waals surface area contributed by atoms with E-state index in [1.54, 1.807) is 0 Å². The van der Waals surface area contributed by atoms with Crippen LogP contribution in [0.2, 0.25) is 0 Å². The molecule has 1 aliphatic carbocycles. The molecule has 2 rings (SSSR count). The minimum Gasteiger partial charge on any atom is -0.374 e. The topological polar surface area (TPSA) is 41.1 Å². The molecule has 3 nitrogen and oxygen atoms in total. The standard InChI is InChI=1S/C14H20N2O/c1-9-4-7-13(10(2)8-9)15-11(3)14(17)16-12-5-6-12/h4,7-8,11-12,15H,5-6H2,1-3H3,(H,16,17). The van der Waals surface area contributed by atoms with E-state index < -0.39 is 0 Å². The summed E-state index contributed by atoms with van der Waals surface area (Å²) < 4.78 is 0. The first-order valence-electron chi connectivity index (χ1n) is 6.20. The molecule has 92 valence electrons. The lowest BCUT2D eigenvalue weighted by Gasteiger charge is -2.17. The Morgan fingerprint density at radius 2 is 2.06 bits per heavy atom. The predicted molar refractivity (Wildman–Crippen MR) is 70.2 cm³/mol. The van der Waals surface area contributed by atoms with Crippen LogP contribution < -0.4 is 10.6 Å². The fourth-order valence-electron chi connectivity index (χ4n) is 1.83. The van der Waals surface area contributed by atoms with Gasteiger partial charge in [0.1, 0.15) is 6.04 Å². The van der Waals surface area contributed by atoms with Crippen molar-refractivity contribution in [2.24, 2.45) is 0 Å². The average molecular weight is 232 g/mol. The van der Waals surface area contributed by atoms with Crippen LogP contribution in [0, 0.1) is 13.8 Å². The van der Waals surface area contributed by atoms with E-state index in [9.17, 15) is 4.79 Å². The number of anilines is 1. The van der Waals surface area contributed by atoms with Crippen molar-refractivity contribution in [1.29, 1.82) is 0 Å². The van der Waals surface area contributed by atoms with Gasteiger partial charge in [-0.25, -0.2) is 0 Å². The van der Waals surface area contributed by atoms with Gasteiger partial charge in [-0.15, -0.1) is 0 Å². The highest BCUT2D eigenvalue weighted by Gasteiger charge is 2.25. The molecule has 0 bridgehead atoms. The number of nitrogens with one attached hydrogen (secondary N) is 2. The minimum absolute atomic E-state index is 0.0903. The Morgan fingerprint density at radius 3 is 2.65 bits per heavy atom. The third kappa shape index (κ3) is 3.22. The fraction of sp³-hybridized carbons (Fsp3) is 0.500. The average Bonchev–Trinajstić information content (AvgIpc) is 3.06. The zero-order valence-electron chi connectivity index (χ0n) is 10.7. The molecule has 0 radical (unpaired) electrons. The summed E-state index contributed by atoms with van der Waals surface area (Å²) in [7, 11) is 0. The Balaban J connectivity index is 1.96. The van der Waals surface area contributed by atoms with Gasteiger partial charge in [0.25, 0.3) is 0 Å². The van der Waals surface area contributed by atoms with Crippen LogP contribution in [0.25, 0.3) is 0 Å². The summed E-state index contributed by atoms with van der Waals surface area (Å²) in [4.78, 5) is 11.8. The van der Waals surface area contributed by atoms with Crippen molar-refractivity contribution in [3.8, 4) is 0 Å². The summed E-state index contributed by atoms with van der Waals surface area (Å²) in [6.45, 7) is 6.03. The highest BCUT2D eigenvalue weighted by molar-refractivity contribution is 5.84. The Labute approximate surface area is 103 Å². The molecule has 1 fully saturated rings. The molecule has 2 N–H and O–H groups in total. The van der Waals surface area contributed by atoms with Crippen molar-refractivity contribution in [3.05, 3.63) is 29.3 Å². The molecule has 1 aromatic rings. The van der Waals surface area contributed by atoms with Crippen LogP contribution in [0.5, 0.6) is 0 Å². The van der Waals surface area contributed by atoms with Crippen LogP contribution in [-0.2, 0) is 4.79 Å². The molecule has 0 aliphatic heterocycles. The lowest BCUT2D eigenvalue weighted by atomic mass is 10.1. The van der Waals surface area contributed by atoms with Crippen molar-refractivity contribution >= 4 is 11.6 Å². The molecule has 1 saturated carbocycles. The number of aryl methyl sites for hydroxylation is 2. The van der Waals surface area contributed by atoms with Crippen molar-refractivity contribution in [2.45, 2.75) is 45.7 Å². The number of carbonyl (C=O) groups is 1. The summed E-state index contributed by atoms with van der Waals surface area (Å²) in [6.07, 6.45) is 2.25. The maximum atomic E-state index is 11.8. The molecule has 17 heavy (non-hydrogen) atoms. The van der Waals surface area contributed by atoms with E-state index in [2.05, 4.69) is 36.6 Å². The smallest absolute Gasteiger partial charge is 0.242 e. The van der Waals surface area contributed by atoms with Gasteiger partial charge in [-0.1, -0.05) is 17.7 Å². The number of benzene rings is 1. The number of hydrogen-bond acceptors (Lipinski definition) is 2. The quantitative estimate of drug-likeness (QED) is 0.837. The molecule has 0 saturated heterocycles. The van der Waals surface area contributed by atoms with E-state index in [-0.39, 0.29) is 11.9 Å². The maximum absolute atomic E-state index is 11.8. The first-order chi connectivity index (χ1) is 8.06. The van der Waals surface area contributed by atoms with E-state index in [0.29, 0.717) is 6.04 Å². The number of amides is 1. The third-order valence-electron chi connectivity index (χ3n) is 3.07. The molecule has 0 spiro atoms. The van der Waals surface area contributed by atoms with E-state index in [4.69, 9.17) is 0 Å². The van der Waals surface area contributed by atoms with Crippen molar-refractivity contribution in [2.75, 3.05) is 5.32 Å². The molecule has 1 atom stereocenters. The summed E-state index contributed by atoms with van der Waals surface area (Å²) in [5.74, 6) is 0.0903. The van der Waals surface area contributed by atoms with E-state index in [0.717, 1.165) is 18.5 Å². The normalized spacial score (nSPS) is 16.4. The lowest BCUT2D eigenvalue weighted by molar-refractivity contribution is -0.121. The Hall–Kier alpha value is -1.51. The second-order valence-corrected chi connectivity index (χ2v) is 4.97. The minimum atomic E-state index is -0.183. The molecule has 1 aromatic carbocycles. The zero-order chi connectivity index (χ0) is 12.4. The van der Waals surface area contributed by atoms with Crippen LogP contribution in [-0.4, -0.2) is 18.0 Å². The molecule has 1 amide bonds. The van der Waals surface area contributed by atoms with E-state index in [1.165, 1.54) is 11.1 Å². The Morgan fingerprint density at radius 1 is 1.35 bits per heavy atom. The maximum Gasteiger partial charge on any atom is 0.242 e. The molecular weight excluding hydrogens is 212 g/mol. The van der Waals surface area contributed by atoms with Gasteiger partial charge in [-0.05, 0) is 45.2 Å². The molecule has 0 heterocycles. The number of carbonyl (C=O) groups excluding carboxylic acids is 1. The second kappa shape index (κ2) is 4.78. The SMILES string of the molecule is Cc1ccc(NC(C)C(=O)NC2CC2)c(C)c1. The predicted octanol–water partition coefficient (Wildman–Crippen LogP) is 2.38. The highest BCUT2D eigenvalue weighted by Crippen LogP contribution is 2.20. The summed E-state index contributed by atoms with van der Waals surface area (Å²) in [5, 5.41) is 6.26. The van der Waals surface area contributed by atoms with Crippen molar-refractivity contribution < 1.29 is 4.79 Å². The molecule has 1 aliphatic rings. The van der Waals surface area contributed by atoms with Crippen molar-refractivity contribution in [1.82, 2.24) is 5.32 Å². The second-order valence-electron chi connectivity index (χ2n) is 4.97. The van der Waals surface area contributed by atoms with E-state index >= 15 is 0 Å². The molecular formula is C14H20N2O. The monoisotopic (exact) mass is 232 g/mol. The van der Waals surface area contributed by atoms with Crippen molar-refractivity contribution in [3.63, 3.8) is 0 Å². The number of hydrogen-bond donors (Lipinski definition) is 2.